The van der Waals surface area contributed by atoms with Crippen LogP contribution in [0.3, 0.4) is 0 Å². The summed E-state index contributed by atoms with van der Waals surface area (Å²) in [6.07, 6.45) is 10.9. The lowest BCUT2D eigenvalue weighted by Crippen LogP contribution is -2.55. The first-order valence-electron chi connectivity index (χ1n) is 15.2. The van der Waals surface area contributed by atoms with E-state index in [9.17, 15) is 9.90 Å². The molecule has 3 fully saturated rings. The molecule has 0 aromatic heterocycles. The Labute approximate surface area is 239 Å². The number of ether oxygens (including phenoxy) is 1. The SMILES string of the molecule is CC(=O)[C@]1(Cc2ccccc2)CCC2C3CC=C4C[C@@](O)(OCc5ccc(C#N)cc5)CC[C@]4(C)C3CC[C@@]21C. The molecule has 3 unspecified atom stereocenters. The molecular formula is C36H43NO3. The molecule has 0 amide bonds. The fourth-order valence-corrected chi connectivity index (χ4v) is 9.71. The van der Waals surface area contributed by atoms with E-state index in [0.29, 0.717) is 48.5 Å². The van der Waals surface area contributed by atoms with E-state index in [0.717, 1.165) is 50.5 Å². The first-order chi connectivity index (χ1) is 19.1. The Hall–Kier alpha value is -2.74. The van der Waals surface area contributed by atoms with Gasteiger partial charge in [-0.1, -0.05) is 68.0 Å². The lowest BCUT2D eigenvalue weighted by Gasteiger charge is -2.60. The van der Waals surface area contributed by atoms with Crippen molar-refractivity contribution in [3.05, 3.63) is 82.9 Å². The molecule has 4 heteroatoms. The van der Waals surface area contributed by atoms with Crippen molar-refractivity contribution in [3.63, 3.8) is 0 Å². The minimum absolute atomic E-state index is 0.0250. The van der Waals surface area contributed by atoms with Crippen molar-refractivity contribution in [2.45, 2.75) is 91.0 Å². The van der Waals surface area contributed by atoms with Crippen molar-refractivity contribution in [1.82, 2.24) is 0 Å². The van der Waals surface area contributed by atoms with Gasteiger partial charge in [-0.2, -0.15) is 5.26 Å². The van der Waals surface area contributed by atoms with Crippen molar-refractivity contribution in [2.75, 3.05) is 0 Å². The Morgan fingerprint density at radius 2 is 1.70 bits per heavy atom. The zero-order valence-corrected chi connectivity index (χ0v) is 24.3. The molecule has 6 rings (SSSR count). The van der Waals surface area contributed by atoms with Gasteiger partial charge in [0.05, 0.1) is 18.2 Å². The van der Waals surface area contributed by atoms with Gasteiger partial charge in [0.25, 0.3) is 0 Å². The molecule has 2 aromatic carbocycles. The number of benzene rings is 2. The second kappa shape index (κ2) is 9.97. The van der Waals surface area contributed by atoms with Gasteiger partial charge in [-0.25, -0.2) is 0 Å². The van der Waals surface area contributed by atoms with E-state index in [4.69, 9.17) is 10.00 Å². The molecule has 3 saturated carbocycles. The molecule has 0 bridgehead atoms. The molecule has 2 aromatic rings. The van der Waals surface area contributed by atoms with Crippen LogP contribution in [0, 0.1) is 45.3 Å². The highest BCUT2D eigenvalue weighted by Crippen LogP contribution is 2.70. The van der Waals surface area contributed by atoms with Crippen LogP contribution in [0.1, 0.15) is 88.8 Å². The normalized spacial score (nSPS) is 38.4. The van der Waals surface area contributed by atoms with Crippen LogP contribution in [0.4, 0.5) is 0 Å². The average molecular weight is 538 g/mol. The Kier molecular flexibility index (Phi) is 6.83. The Balaban J connectivity index is 1.21. The summed E-state index contributed by atoms with van der Waals surface area (Å²) in [5.74, 6) is 0.966. The average Bonchev–Trinajstić information content (AvgIpc) is 3.26. The first kappa shape index (κ1) is 27.4. The van der Waals surface area contributed by atoms with Gasteiger partial charge in [0.15, 0.2) is 5.79 Å². The smallest absolute Gasteiger partial charge is 0.169 e. The Morgan fingerprint density at radius 3 is 2.40 bits per heavy atom. The molecule has 0 radical (unpaired) electrons. The maximum Gasteiger partial charge on any atom is 0.169 e. The third-order valence-corrected chi connectivity index (χ3v) is 12.1. The van der Waals surface area contributed by atoms with Crippen molar-refractivity contribution in [2.24, 2.45) is 34.0 Å². The first-order valence-corrected chi connectivity index (χ1v) is 15.2. The van der Waals surface area contributed by atoms with E-state index in [1.165, 1.54) is 11.1 Å². The number of carbonyl (C=O) groups is 1. The summed E-state index contributed by atoms with van der Waals surface area (Å²) in [4.78, 5) is 13.5. The van der Waals surface area contributed by atoms with Crippen molar-refractivity contribution < 1.29 is 14.6 Å². The van der Waals surface area contributed by atoms with E-state index < -0.39 is 5.79 Å². The maximum atomic E-state index is 13.5. The fraction of sp³-hybridized carbons (Fsp3) is 0.556. The molecule has 7 atom stereocenters. The van der Waals surface area contributed by atoms with Crippen molar-refractivity contribution in [1.29, 1.82) is 5.26 Å². The molecular weight excluding hydrogens is 494 g/mol. The zero-order chi connectivity index (χ0) is 28.2. The van der Waals surface area contributed by atoms with Crippen LogP contribution < -0.4 is 0 Å². The largest absolute Gasteiger partial charge is 0.365 e. The number of aliphatic hydroxyl groups is 1. The quantitative estimate of drug-likeness (QED) is 0.305. The summed E-state index contributed by atoms with van der Waals surface area (Å²) in [6.45, 7) is 7.08. The highest BCUT2D eigenvalue weighted by atomic mass is 16.6. The molecule has 0 saturated heterocycles. The molecule has 0 spiro atoms. The minimum Gasteiger partial charge on any atom is -0.365 e. The molecule has 210 valence electrons. The molecule has 4 aliphatic carbocycles. The Morgan fingerprint density at radius 1 is 0.975 bits per heavy atom. The monoisotopic (exact) mass is 537 g/mol. The van der Waals surface area contributed by atoms with Gasteiger partial charge in [0.2, 0.25) is 0 Å². The molecule has 0 heterocycles. The lowest BCUT2D eigenvalue weighted by molar-refractivity contribution is -0.231. The van der Waals surface area contributed by atoms with E-state index >= 15 is 0 Å². The van der Waals surface area contributed by atoms with Crippen molar-refractivity contribution in [3.8, 4) is 6.07 Å². The third-order valence-electron chi connectivity index (χ3n) is 12.1. The standard InChI is InChI=1S/C36H43NO3/c1-25(38)35(21-26-7-5-4-6-8-26)18-16-32-30-14-13-29-22-36(39,40-24-28-11-9-27(23-37)10-12-28)20-19-33(29,2)31(30)15-17-34(32,35)3/h4-13,30-32,39H,14-22,24H2,1-3H3/t30?,31?,32?,33-,34-,35+,36-/m0/s1. The second-order valence-electron chi connectivity index (χ2n) is 13.8. The number of hydrogen-bond acceptors (Lipinski definition) is 4. The predicted octanol–water partition coefficient (Wildman–Crippen LogP) is 7.54. The van der Waals surface area contributed by atoms with E-state index in [1.54, 1.807) is 12.1 Å². The molecule has 40 heavy (non-hydrogen) atoms. The number of fused-ring (bicyclic) bond motifs is 5. The summed E-state index contributed by atoms with van der Waals surface area (Å²) < 4.78 is 6.15. The molecule has 4 aliphatic rings. The van der Waals surface area contributed by atoms with Gasteiger partial charge < -0.3 is 9.84 Å². The summed E-state index contributed by atoms with van der Waals surface area (Å²) in [7, 11) is 0. The van der Waals surface area contributed by atoms with Gasteiger partial charge in [0.1, 0.15) is 5.78 Å². The van der Waals surface area contributed by atoms with Gasteiger partial charge >= 0.3 is 0 Å². The maximum absolute atomic E-state index is 13.5. The minimum atomic E-state index is -1.15. The van der Waals surface area contributed by atoms with Gasteiger partial charge in [-0.15, -0.1) is 0 Å². The summed E-state index contributed by atoms with van der Waals surface area (Å²) in [6, 6.07) is 20.2. The predicted molar refractivity (Wildman–Crippen MR) is 156 cm³/mol. The lowest BCUT2D eigenvalue weighted by atomic mass is 9.44. The van der Waals surface area contributed by atoms with Crippen LogP contribution in [0.25, 0.3) is 0 Å². The number of rotatable bonds is 6. The number of carbonyl (C=O) groups excluding carboxylic acids is 1. The van der Waals surface area contributed by atoms with E-state index in [2.05, 4.69) is 56.3 Å². The number of nitriles is 1. The fourth-order valence-electron chi connectivity index (χ4n) is 9.71. The summed E-state index contributed by atoms with van der Waals surface area (Å²) in [5.41, 5.74) is 4.07. The van der Waals surface area contributed by atoms with E-state index in [1.807, 2.05) is 19.1 Å². The van der Waals surface area contributed by atoms with Crippen LogP contribution in [-0.4, -0.2) is 16.7 Å². The van der Waals surface area contributed by atoms with Gasteiger partial charge in [-0.05, 0) is 104 Å². The van der Waals surface area contributed by atoms with Crippen LogP contribution in [0.15, 0.2) is 66.2 Å². The summed E-state index contributed by atoms with van der Waals surface area (Å²) in [5, 5.41) is 20.5. The number of nitrogens with zero attached hydrogens (tertiary/aromatic N) is 1. The van der Waals surface area contributed by atoms with Crippen LogP contribution in [0.2, 0.25) is 0 Å². The van der Waals surface area contributed by atoms with Gasteiger partial charge in [-0.3, -0.25) is 4.79 Å². The zero-order valence-electron chi connectivity index (χ0n) is 24.3. The third kappa shape index (κ3) is 4.29. The molecule has 4 nitrogen and oxygen atoms in total. The summed E-state index contributed by atoms with van der Waals surface area (Å²) >= 11 is 0. The Bertz CT molecular complexity index is 1340. The number of allylic oxidation sites excluding steroid dienone is 1. The van der Waals surface area contributed by atoms with Crippen molar-refractivity contribution >= 4 is 5.78 Å². The van der Waals surface area contributed by atoms with Gasteiger partial charge in [0, 0.05) is 18.3 Å². The second-order valence-corrected chi connectivity index (χ2v) is 13.8. The van der Waals surface area contributed by atoms with Crippen LogP contribution in [0.5, 0.6) is 0 Å². The van der Waals surface area contributed by atoms with E-state index in [-0.39, 0.29) is 16.2 Å². The topological polar surface area (TPSA) is 70.3 Å². The molecule has 0 aliphatic heterocycles. The number of Topliss-reactive ketones (excluding diaryl/α,β-unsaturated/α-hetero) is 1. The highest BCUT2D eigenvalue weighted by molar-refractivity contribution is 5.84. The number of ketones is 1. The molecule has 1 N–H and O–H groups in total. The highest BCUT2D eigenvalue weighted by Gasteiger charge is 2.65. The van der Waals surface area contributed by atoms with Crippen LogP contribution in [-0.2, 0) is 22.6 Å². The number of hydrogen-bond donors (Lipinski definition) is 1. The van der Waals surface area contributed by atoms with Crippen LogP contribution >= 0.6 is 0 Å².